The first-order chi connectivity index (χ1) is 21.9. The molecule has 6 rings (SSSR count). The van der Waals surface area contributed by atoms with Gasteiger partial charge in [0.05, 0.1) is 26.4 Å². The molecule has 46 heavy (non-hydrogen) atoms. The lowest BCUT2D eigenvalue weighted by atomic mass is 9.45. The smallest absolute Gasteiger partial charge is 0.240 e. The van der Waals surface area contributed by atoms with Crippen LogP contribution in [0.25, 0.3) is 0 Å². The first kappa shape index (κ1) is 34.8. The number of hydrogen-bond acceptors (Lipinski definition) is 8. The van der Waals surface area contributed by atoms with E-state index in [0.717, 1.165) is 42.9 Å². The molecule has 4 aliphatic rings. The van der Waals surface area contributed by atoms with Gasteiger partial charge in [-0.15, -0.1) is 0 Å². The fraction of sp³-hybridized carbons (Fsp3) is 0.649. The van der Waals surface area contributed by atoms with Crippen LogP contribution in [0.2, 0.25) is 0 Å². The Kier molecular flexibility index (Phi) is 11.1. The number of hydroxylamine groups is 2. The molecule has 254 valence electrons. The summed E-state index contributed by atoms with van der Waals surface area (Å²) >= 11 is 0. The molecule has 0 aromatic heterocycles. The number of para-hydroxylation sites is 1. The Morgan fingerprint density at radius 3 is 2.41 bits per heavy atom. The number of aliphatic hydroxyl groups excluding tert-OH is 2. The first-order valence-electron chi connectivity index (χ1n) is 17.0. The summed E-state index contributed by atoms with van der Waals surface area (Å²) in [4.78, 5) is 25.0. The summed E-state index contributed by atoms with van der Waals surface area (Å²) in [5.41, 5.74) is 3.52. The van der Waals surface area contributed by atoms with E-state index in [9.17, 15) is 15.0 Å². The van der Waals surface area contributed by atoms with Crippen molar-refractivity contribution in [2.45, 2.75) is 84.5 Å². The number of amides is 1. The Balaban J connectivity index is 1.37. The Morgan fingerprint density at radius 2 is 1.80 bits per heavy atom. The Morgan fingerprint density at radius 1 is 1.09 bits per heavy atom. The predicted octanol–water partition coefficient (Wildman–Crippen LogP) is 3.92. The molecule has 1 aliphatic heterocycles. The van der Waals surface area contributed by atoms with Crippen LogP contribution in [0.3, 0.4) is 0 Å². The summed E-state index contributed by atoms with van der Waals surface area (Å²) in [6.07, 6.45) is 0.672. The topological polar surface area (TPSA) is 97.7 Å². The second kappa shape index (κ2) is 14.7. The third-order valence-electron chi connectivity index (χ3n) is 11.3. The van der Waals surface area contributed by atoms with E-state index in [1.165, 1.54) is 12.0 Å². The van der Waals surface area contributed by atoms with Crippen LogP contribution in [0.4, 0.5) is 0 Å². The SMILES string of the molecule is COc1c(CN(CCN(C)C)Cc2ccccc2)cccc1CN1O[C@@H](CO)[C@@H](C(C)O)[C@H]1C(=O)N[C@H]1C[C@H]2C[C@@H](C1C)C2(C)C. The molecule has 1 amide bonds. The summed E-state index contributed by atoms with van der Waals surface area (Å²) in [6.45, 7) is 12.0. The number of methoxy groups -OCH3 is 1. The van der Waals surface area contributed by atoms with Gasteiger partial charge in [-0.2, -0.15) is 5.06 Å². The second-order valence-electron chi connectivity index (χ2n) is 14.8. The minimum atomic E-state index is -0.842. The van der Waals surface area contributed by atoms with E-state index in [1.807, 2.05) is 18.2 Å². The molecule has 9 nitrogen and oxygen atoms in total. The summed E-state index contributed by atoms with van der Waals surface area (Å²) < 4.78 is 6.04. The number of ether oxygens (including phenoxy) is 1. The maximum Gasteiger partial charge on any atom is 0.240 e. The zero-order valence-corrected chi connectivity index (χ0v) is 28.9. The van der Waals surface area contributed by atoms with E-state index in [-0.39, 0.29) is 25.1 Å². The van der Waals surface area contributed by atoms with Crippen molar-refractivity contribution in [3.8, 4) is 5.75 Å². The zero-order chi connectivity index (χ0) is 33.2. The monoisotopic (exact) mass is 636 g/mol. The molecule has 3 N–H and O–H groups in total. The van der Waals surface area contributed by atoms with Crippen molar-refractivity contribution in [1.82, 2.24) is 20.2 Å². The number of rotatable bonds is 14. The van der Waals surface area contributed by atoms with Crippen LogP contribution in [0.1, 0.15) is 57.2 Å². The van der Waals surface area contributed by atoms with Crippen molar-refractivity contribution in [3.63, 3.8) is 0 Å². The molecule has 0 radical (unpaired) electrons. The molecule has 8 atom stereocenters. The fourth-order valence-corrected chi connectivity index (χ4v) is 8.44. The number of aliphatic hydroxyl groups is 2. The number of hydrogen-bond donors (Lipinski definition) is 3. The minimum absolute atomic E-state index is 0.0876. The van der Waals surface area contributed by atoms with Crippen molar-refractivity contribution in [3.05, 3.63) is 65.2 Å². The van der Waals surface area contributed by atoms with Crippen LogP contribution >= 0.6 is 0 Å². The van der Waals surface area contributed by atoms with Gasteiger partial charge in [0.1, 0.15) is 17.9 Å². The average Bonchev–Trinajstić information content (AvgIpc) is 3.40. The normalized spacial score (nSPS) is 29.5. The zero-order valence-electron chi connectivity index (χ0n) is 28.9. The van der Waals surface area contributed by atoms with E-state index in [2.05, 4.69) is 80.3 Å². The summed E-state index contributed by atoms with van der Waals surface area (Å²) in [7, 11) is 5.86. The Hall–Kier alpha value is -2.53. The van der Waals surface area contributed by atoms with Crippen molar-refractivity contribution in [2.75, 3.05) is 40.9 Å². The second-order valence-corrected chi connectivity index (χ2v) is 14.8. The van der Waals surface area contributed by atoms with Crippen LogP contribution in [0.15, 0.2) is 48.5 Å². The quantitative estimate of drug-likeness (QED) is 0.287. The van der Waals surface area contributed by atoms with E-state index in [0.29, 0.717) is 29.7 Å². The molecule has 4 fully saturated rings. The van der Waals surface area contributed by atoms with Gasteiger partial charge in [0.15, 0.2) is 0 Å². The highest BCUT2D eigenvalue weighted by atomic mass is 16.7. The maximum absolute atomic E-state index is 14.1. The van der Waals surface area contributed by atoms with Gasteiger partial charge >= 0.3 is 0 Å². The molecule has 0 spiro atoms. The Bertz CT molecular complexity index is 1300. The first-order valence-corrected chi connectivity index (χ1v) is 17.0. The number of benzene rings is 2. The molecule has 2 unspecified atom stereocenters. The van der Waals surface area contributed by atoms with Crippen LogP contribution in [-0.4, -0.2) is 96.2 Å². The molecule has 3 saturated carbocycles. The third kappa shape index (κ3) is 7.30. The molecular weight excluding hydrogens is 580 g/mol. The molecule has 3 aliphatic carbocycles. The molecule has 2 aromatic rings. The highest BCUT2D eigenvalue weighted by molar-refractivity contribution is 5.83. The maximum atomic E-state index is 14.1. The summed E-state index contributed by atoms with van der Waals surface area (Å²) in [5, 5.41) is 26.2. The van der Waals surface area contributed by atoms with Gasteiger partial charge < -0.3 is 25.2 Å². The Labute approximate surface area is 275 Å². The number of likely N-dealkylation sites (N-methyl/N-ethyl adjacent to an activating group) is 1. The van der Waals surface area contributed by atoms with Gasteiger partial charge in [0.2, 0.25) is 5.91 Å². The number of fused-ring (bicyclic) bond motifs is 2. The van der Waals surface area contributed by atoms with Gasteiger partial charge in [0.25, 0.3) is 0 Å². The lowest BCUT2D eigenvalue weighted by Crippen LogP contribution is -2.62. The van der Waals surface area contributed by atoms with Crippen molar-refractivity contribution in [1.29, 1.82) is 0 Å². The van der Waals surface area contributed by atoms with Gasteiger partial charge in [-0.25, -0.2) is 0 Å². The van der Waals surface area contributed by atoms with Crippen molar-refractivity contribution in [2.24, 2.45) is 29.1 Å². The molecular formula is C37H56N4O5. The average molecular weight is 637 g/mol. The molecule has 9 heteroatoms. The molecule has 1 heterocycles. The van der Waals surface area contributed by atoms with E-state index in [1.54, 1.807) is 19.1 Å². The number of carbonyl (C=O) groups excluding carboxylic acids is 1. The number of nitrogens with zero attached hydrogens (tertiary/aromatic N) is 3. The summed E-state index contributed by atoms with van der Waals surface area (Å²) in [5.74, 6) is 1.62. The van der Waals surface area contributed by atoms with Gasteiger partial charge in [-0.1, -0.05) is 69.3 Å². The molecule has 2 aromatic carbocycles. The fourth-order valence-electron chi connectivity index (χ4n) is 8.44. The molecule has 2 bridgehead atoms. The van der Waals surface area contributed by atoms with Crippen LogP contribution in [0.5, 0.6) is 5.75 Å². The van der Waals surface area contributed by atoms with Crippen molar-refractivity contribution < 1.29 is 24.6 Å². The molecule has 1 saturated heterocycles. The van der Waals surface area contributed by atoms with Crippen molar-refractivity contribution >= 4 is 5.91 Å². The van der Waals surface area contributed by atoms with E-state index >= 15 is 0 Å². The third-order valence-corrected chi connectivity index (χ3v) is 11.3. The van der Waals surface area contributed by atoms with Crippen LogP contribution in [-0.2, 0) is 29.3 Å². The highest BCUT2D eigenvalue weighted by Crippen LogP contribution is 2.61. The van der Waals surface area contributed by atoms with E-state index < -0.39 is 24.2 Å². The predicted molar refractivity (Wildman–Crippen MR) is 180 cm³/mol. The van der Waals surface area contributed by atoms with E-state index in [4.69, 9.17) is 9.57 Å². The lowest BCUT2D eigenvalue weighted by molar-refractivity contribution is -0.183. The lowest BCUT2D eigenvalue weighted by Gasteiger charge is -2.62. The van der Waals surface area contributed by atoms with Gasteiger partial charge in [-0.05, 0) is 62.6 Å². The minimum Gasteiger partial charge on any atom is -0.496 e. The summed E-state index contributed by atoms with van der Waals surface area (Å²) in [6, 6.07) is 15.9. The number of carbonyl (C=O) groups is 1. The standard InChI is InChI=1S/C37H56N4O5/c1-24-30-18-29(37(30,3)4)19-31(24)38-36(44)34-33(25(2)43)32(23-42)46-41(34)22-28-15-11-14-27(35(28)45-7)21-40(17-16-39(5)6)20-26-12-9-8-10-13-26/h8-15,24-25,29-34,42-43H,16-23H2,1-7H3,(H,38,44)/t24?,25?,29-,30+,31+,32+,33-,34+/m1/s1. The highest BCUT2D eigenvalue weighted by Gasteiger charge is 2.57. The van der Waals surface area contributed by atoms with Crippen LogP contribution in [0, 0.1) is 29.1 Å². The van der Waals surface area contributed by atoms with Crippen LogP contribution < -0.4 is 10.1 Å². The largest absolute Gasteiger partial charge is 0.496 e. The van der Waals surface area contributed by atoms with Gasteiger partial charge in [0, 0.05) is 49.3 Å². The van der Waals surface area contributed by atoms with Gasteiger partial charge in [-0.3, -0.25) is 14.5 Å². The number of nitrogens with one attached hydrogen (secondary N) is 1.